The Balaban J connectivity index is 0.00000722. The number of anilines is 1. The molecule has 0 bridgehead atoms. The number of benzene rings is 2. The SMILES string of the molecule is CCCCCCCCCCOc1[c-]cc(NC(=O)CCc2cc(C(C)(C)C)c(O)c(C(C)(C)C)c2)cc1.[CH3-].[Y]. The summed E-state index contributed by atoms with van der Waals surface area (Å²) in [5, 5.41) is 13.9. The van der Waals surface area contributed by atoms with Gasteiger partial charge in [0.05, 0.1) is 6.61 Å². The zero-order chi connectivity index (χ0) is 27.5. The first-order valence-corrected chi connectivity index (χ1v) is 14.2. The van der Waals surface area contributed by atoms with E-state index < -0.39 is 0 Å². The number of hydrogen-bond acceptors (Lipinski definition) is 3. The summed E-state index contributed by atoms with van der Waals surface area (Å²) in [6.07, 6.45) is 11.2. The number of phenols is 1. The maximum atomic E-state index is 12.7. The van der Waals surface area contributed by atoms with E-state index in [9.17, 15) is 9.90 Å². The summed E-state index contributed by atoms with van der Waals surface area (Å²) in [5.74, 6) is 1.05. The fraction of sp³-hybridized carbons (Fsp3) is 0.588. The number of hydrogen-bond donors (Lipinski definition) is 2. The van der Waals surface area contributed by atoms with Crippen molar-refractivity contribution >= 4 is 11.6 Å². The molecule has 39 heavy (non-hydrogen) atoms. The van der Waals surface area contributed by atoms with Crippen LogP contribution < -0.4 is 10.1 Å². The third-order valence-electron chi connectivity index (χ3n) is 6.75. The molecular weight excluding hydrogens is 559 g/mol. The van der Waals surface area contributed by atoms with Gasteiger partial charge in [0.1, 0.15) is 5.75 Å². The van der Waals surface area contributed by atoms with Crippen LogP contribution in [0.1, 0.15) is 123 Å². The van der Waals surface area contributed by atoms with Crippen molar-refractivity contribution in [1.82, 2.24) is 0 Å². The largest absolute Gasteiger partial charge is 0.519 e. The van der Waals surface area contributed by atoms with Crippen LogP contribution >= 0.6 is 0 Å². The molecule has 217 valence electrons. The Morgan fingerprint density at radius 2 is 1.44 bits per heavy atom. The summed E-state index contributed by atoms with van der Waals surface area (Å²) in [6, 6.07) is 12.7. The van der Waals surface area contributed by atoms with Gasteiger partial charge in [-0.2, -0.15) is 6.07 Å². The fourth-order valence-corrected chi connectivity index (χ4v) is 4.46. The first-order chi connectivity index (χ1) is 17.4. The zero-order valence-corrected chi connectivity index (χ0v) is 28.8. The molecule has 0 aliphatic carbocycles. The molecule has 1 radical (unpaired) electrons. The number of carbonyl (C=O) groups is 1. The molecule has 5 heteroatoms. The molecule has 0 aromatic heterocycles. The first kappa shape index (κ1) is 37.6. The van der Waals surface area contributed by atoms with Gasteiger partial charge < -0.3 is 22.6 Å². The standard InChI is InChI=1S/C33H50NO3.CH3.Y/c1-8-9-10-11-12-13-14-15-22-37-27-19-17-26(18-20-27)34-30(35)21-16-25-23-28(32(2,3)4)31(36)29(24-25)33(5,6)7;;/h17-19,23-24,36H,8-16,21-22H2,1-7H3,(H,34,35);1H3;/q2*-1;. The van der Waals surface area contributed by atoms with E-state index in [0.717, 1.165) is 34.5 Å². The normalized spacial score (nSPS) is 11.4. The molecular formula is C34H53NO3Y-2. The summed E-state index contributed by atoms with van der Waals surface area (Å²) in [5.41, 5.74) is 3.27. The van der Waals surface area contributed by atoms with Crippen molar-refractivity contribution in [2.45, 2.75) is 124 Å². The van der Waals surface area contributed by atoms with Gasteiger partial charge in [-0.3, -0.25) is 4.79 Å². The summed E-state index contributed by atoms with van der Waals surface area (Å²) in [6.45, 7) is 15.6. The summed E-state index contributed by atoms with van der Waals surface area (Å²) in [4.78, 5) is 12.7. The summed E-state index contributed by atoms with van der Waals surface area (Å²) >= 11 is 0. The minimum absolute atomic E-state index is 0. The predicted molar refractivity (Wildman–Crippen MR) is 162 cm³/mol. The fourth-order valence-electron chi connectivity index (χ4n) is 4.46. The third kappa shape index (κ3) is 13.7. The van der Waals surface area contributed by atoms with E-state index in [2.05, 4.69) is 59.8 Å². The number of nitrogens with one attached hydrogen (secondary N) is 1. The molecule has 0 fully saturated rings. The summed E-state index contributed by atoms with van der Waals surface area (Å²) < 4.78 is 5.81. The van der Waals surface area contributed by atoms with Crippen molar-refractivity contribution < 1.29 is 47.3 Å². The molecule has 1 amide bonds. The number of aromatic hydroxyl groups is 1. The van der Waals surface area contributed by atoms with Crippen LogP contribution in [-0.4, -0.2) is 17.6 Å². The second-order valence-electron chi connectivity index (χ2n) is 12.4. The van der Waals surface area contributed by atoms with Crippen LogP contribution in [0.2, 0.25) is 0 Å². The second-order valence-corrected chi connectivity index (χ2v) is 12.4. The van der Waals surface area contributed by atoms with Crippen LogP contribution in [-0.2, 0) is 54.8 Å². The van der Waals surface area contributed by atoms with Gasteiger partial charge in [-0.25, -0.2) is 0 Å². The van der Waals surface area contributed by atoms with Gasteiger partial charge in [-0.1, -0.05) is 111 Å². The van der Waals surface area contributed by atoms with Gasteiger partial charge in [0.2, 0.25) is 5.91 Å². The first-order valence-electron chi connectivity index (χ1n) is 14.2. The molecule has 2 N–H and O–H groups in total. The Labute approximate surface area is 265 Å². The monoisotopic (exact) mass is 612 g/mol. The molecule has 4 nitrogen and oxygen atoms in total. The van der Waals surface area contributed by atoms with Crippen LogP contribution in [0.4, 0.5) is 5.69 Å². The molecule has 0 saturated carbocycles. The molecule has 0 unspecified atom stereocenters. The van der Waals surface area contributed by atoms with E-state index in [-0.39, 0.29) is 56.9 Å². The Kier molecular flexibility index (Phi) is 17.5. The van der Waals surface area contributed by atoms with E-state index in [1.807, 2.05) is 24.3 Å². The summed E-state index contributed by atoms with van der Waals surface area (Å²) in [7, 11) is 0. The number of amides is 1. The van der Waals surface area contributed by atoms with Gasteiger partial charge in [-0.15, -0.1) is 18.2 Å². The quantitative estimate of drug-likeness (QED) is 0.165. The zero-order valence-electron chi connectivity index (χ0n) is 26.0. The molecule has 0 aliphatic heterocycles. The maximum absolute atomic E-state index is 12.7. The van der Waals surface area contributed by atoms with E-state index in [4.69, 9.17) is 4.74 Å². The van der Waals surface area contributed by atoms with E-state index >= 15 is 0 Å². The molecule has 2 aromatic carbocycles. The number of ether oxygens (including phenoxy) is 1. The Hall–Kier alpha value is -1.39. The molecule has 0 spiro atoms. The van der Waals surface area contributed by atoms with Crippen molar-refractivity contribution in [3.8, 4) is 11.5 Å². The molecule has 0 heterocycles. The Morgan fingerprint density at radius 1 is 0.897 bits per heavy atom. The second kappa shape index (κ2) is 18.1. The van der Waals surface area contributed by atoms with Gasteiger partial charge in [0.25, 0.3) is 0 Å². The van der Waals surface area contributed by atoms with E-state index in [1.54, 1.807) is 6.07 Å². The predicted octanol–water partition coefficient (Wildman–Crippen LogP) is 9.33. The number of aryl methyl sites for hydroxylation is 1. The Bertz CT molecular complexity index is 936. The molecule has 0 atom stereocenters. The number of unbranched alkanes of at least 4 members (excludes halogenated alkanes) is 7. The van der Waals surface area contributed by atoms with E-state index in [1.165, 1.54) is 44.9 Å². The van der Waals surface area contributed by atoms with Gasteiger partial charge in [-0.05, 0) is 40.4 Å². The molecule has 2 rings (SSSR count). The van der Waals surface area contributed by atoms with Crippen molar-refractivity contribution in [3.05, 3.63) is 60.5 Å². The van der Waals surface area contributed by atoms with Crippen LogP contribution in [0.5, 0.6) is 11.5 Å². The number of carbonyl (C=O) groups excluding carboxylic acids is 1. The van der Waals surface area contributed by atoms with Crippen LogP contribution in [0.15, 0.2) is 30.3 Å². The van der Waals surface area contributed by atoms with Crippen molar-refractivity contribution in [3.63, 3.8) is 0 Å². The van der Waals surface area contributed by atoms with Crippen molar-refractivity contribution in [2.75, 3.05) is 11.9 Å². The third-order valence-corrected chi connectivity index (χ3v) is 6.75. The topological polar surface area (TPSA) is 58.6 Å². The van der Waals surface area contributed by atoms with Crippen molar-refractivity contribution in [1.29, 1.82) is 0 Å². The maximum Gasteiger partial charge on any atom is 0.213 e. The van der Waals surface area contributed by atoms with E-state index in [0.29, 0.717) is 25.2 Å². The van der Waals surface area contributed by atoms with Gasteiger partial charge in [0.15, 0.2) is 0 Å². The van der Waals surface area contributed by atoms with Crippen LogP contribution in [0.25, 0.3) is 0 Å². The minimum atomic E-state index is -0.184. The Morgan fingerprint density at radius 3 is 1.92 bits per heavy atom. The molecule has 2 aromatic rings. The average Bonchev–Trinajstić information content (AvgIpc) is 2.82. The minimum Gasteiger partial charge on any atom is -0.519 e. The molecule has 0 aliphatic rings. The number of rotatable bonds is 14. The van der Waals surface area contributed by atoms with Gasteiger partial charge >= 0.3 is 0 Å². The smallest absolute Gasteiger partial charge is 0.213 e. The number of phenolic OH excluding ortho intramolecular Hbond substituents is 1. The van der Waals surface area contributed by atoms with Gasteiger partial charge in [0, 0.05) is 44.9 Å². The molecule has 0 saturated heterocycles. The van der Waals surface area contributed by atoms with Crippen LogP contribution in [0.3, 0.4) is 0 Å². The average molecular weight is 613 g/mol. The van der Waals surface area contributed by atoms with Crippen LogP contribution in [0, 0.1) is 13.5 Å². The van der Waals surface area contributed by atoms with Crippen molar-refractivity contribution in [2.24, 2.45) is 0 Å².